The molecule has 1 fully saturated rings. The molecule has 0 radical (unpaired) electrons. The van der Waals surface area contributed by atoms with Gasteiger partial charge in [0.15, 0.2) is 0 Å². The second-order valence-electron chi connectivity index (χ2n) is 6.24. The molecule has 4 heteroatoms. The molecule has 116 valence electrons. The number of anilines is 1. The van der Waals surface area contributed by atoms with Crippen molar-refractivity contribution in [1.29, 1.82) is 0 Å². The molecule has 2 unspecified atom stereocenters. The Morgan fingerprint density at radius 2 is 2.10 bits per heavy atom. The molecular formula is C17H25ClN2O. The van der Waals surface area contributed by atoms with Crippen LogP contribution in [0.15, 0.2) is 24.3 Å². The van der Waals surface area contributed by atoms with Gasteiger partial charge in [-0.3, -0.25) is 4.79 Å². The lowest BCUT2D eigenvalue weighted by Gasteiger charge is -2.35. The maximum atomic E-state index is 12.0. The average Bonchev–Trinajstić information content (AvgIpc) is 2.45. The monoisotopic (exact) mass is 308 g/mol. The van der Waals surface area contributed by atoms with Crippen LogP contribution >= 0.6 is 11.6 Å². The zero-order valence-electron chi connectivity index (χ0n) is 12.9. The van der Waals surface area contributed by atoms with E-state index in [2.05, 4.69) is 24.5 Å². The second kappa shape index (κ2) is 7.81. The molecule has 2 atom stereocenters. The molecule has 1 aliphatic rings. The van der Waals surface area contributed by atoms with E-state index < -0.39 is 0 Å². The highest BCUT2D eigenvalue weighted by Crippen LogP contribution is 2.30. The van der Waals surface area contributed by atoms with Gasteiger partial charge in [0.05, 0.1) is 6.54 Å². The number of rotatable bonds is 5. The molecule has 0 saturated heterocycles. The lowest BCUT2D eigenvalue weighted by molar-refractivity contribution is -0.115. The molecule has 2 N–H and O–H groups in total. The number of carbonyl (C=O) groups excluding carboxylic acids is 1. The molecule has 21 heavy (non-hydrogen) atoms. The Morgan fingerprint density at radius 3 is 2.81 bits per heavy atom. The summed E-state index contributed by atoms with van der Waals surface area (Å²) in [7, 11) is 0. The second-order valence-corrected chi connectivity index (χ2v) is 6.67. The van der Waals surface area contributed by atoms with E-state index in [9.17, 15) is 4.79 Å². The van der Waals surface area contributed by atoms with Gasteiger partial charge in [0, 0.05) is 16.8 Å². The van der Waals surface area contributed by atoms with Crippen LogP contribution in [0.3, 0.4) is 0 Å². The van der Waals surface area contributed by atoms with Crippen LogP contribution in [-0.2, 0) is 4.79 Å². The van der Waals surface area contributed by atoms with Crippen molar-refractivity contribution in [2.24, 2.45) is 11.8 Å². The van der Waals surface area contributed by atoms with Crippen LogP contribution in [0.4, 0.5) is 5.69 Å². The number of hydrogen-bond acceptors (Lipinski definition) is 2. The van der Waals surface area contributed by atoms with Crippen molar-refractivity contribution in [2.75, 3.05) is 11.9 Å². The topological polar surface area (TPSA) is 41.1 Å². The fourth-order valence-electron chi connectivity index (χ4n) is 3.21. The van der Waals surface area contributed by atoms with Crippen LogP contribution in [-0.4, -0.2) is 18.5 Å². The van der Waals surface area contributed by atoms with Gasteiger partial charge in [-0.2, -0.15) is 0 Å². The number of benzene rings is 1. The van der Waals surface area contributed by atoms with E-state index in [1.54, 1.807) is 12.1 Å². The van der Waals surface area contributed by atoms with Gasteiger partial charge in [0.2, 0.25) is 5.91 Å². The van der Waals surface area contributed by atoms with E-state index in [0.717, 1.165) is 5.69 Å². The molecule has 1 saturated carbocycles. The molecule has 1 aromatic carbocycles. The number of halogens is 1. The Labute approximate surface area is 132 Å². The summed E-state index contributed by atoms with van der Waals surface area (Å²) in [6, 6.07) is 7.70. The average molecular weight is 309 g/mol. The minimum atomic E-state index is -0.00894. The van der Waals surface area contributed by atoms with Crippen LogP contribution in [0.25, 0.3) is 0 Å². The molecule has 2 rings (SSSR count). The first-order valence-electron chi connectivity index (χ1n) is 7.85. The molecule has 1 aliphatic carbocycles. The molecule has 0 spiro atoms. The van der Waals surface area contributed by atoms with Crippen molar-refractivity contribution in [3.63, 3.8) is 0 Å². The van der Waals surface area contributed by atoms with Gasteiger partial charge >= 0.3 is 0 Å². The van der Waals surface area contributed by atoms with Crippen molar-refractivity contribution in [1.82, 2.24) is 5.32 Å². The largest absolute Gasteiger partial charge is 0.325 e. The third-order valence-corrected chi connectivity index (χ3v) is 4.54. The number of carbonyl (C=O) groups is 1. The minimum Gasteiger partial charge on any atom is -0.325 e. The van der Waals surface area contributed by atoms with E-state index >= 15 is 0 Å². The molecular weight excluding hydrogens is 284 g/mol. The zero-order chi connectivity index (χ0) is 15.2. The summed E-state index contributed by atoms with van der Waals surface area (Å²) in [5.74, 6) is 1.34. The van der Waals surface area contributed by atoms with Crippen molar-refractivity contribution >= 4 is 23.2 Å². The first-order valence-corrected chi connectivity index (χ1v) is 8.23. The van der Waals surface area contributed by atoms with Crippen LogP contribution in [0.5, 0.6) is 0 Å². The van der Waals surface area contributed by atoms with Crippen LogP contribution < -0.4 is 10.6 Å². The van der Waals surface area contributed by atoms with Gasteiger partial charge in [0.25, 0.3) is 0 Å². The SMILES string of the molecule is CC(C)C1CCCCC1NCC(=O)Nc1cccc(Cl)c1. The van der Waals surface area contributed by atoms with Crippen LogP contribution in [0.1, 0.15) is 39.5 Å². The maximum absolute atomic E-state index is 12.0. The summed E-state index contributed by atoms with van der Waals surface area (Å²) in [4.78, 5) is 12.0. The Kier molecular flexibility index (Phi) is 6.07. The lowest BCUT2D eigenvalue weighted by Crippen LogP contribution is -2.44. The number of hydrogen-bond donors (Lipinski definition) is 2. The predicted octanol–water partition coefficient (Wildman–Crippen LogP) is 4.08. The first-order chi connectivity index (χ1) is 10.1. The molecule has 1 aromatic rings. The van der Waals surface area contributed by atoms with Crippen molar-refractivity contribution < 1.29 is 4.79 Å². The fourth-order valence-corrected chi connectivity index (χ4v) is 3.40. The van der Waals surface area contributed by atoms with E-state index in [1.807, 2.05) is 12.1 Å². The van der Waals surface area contributed by atoms with Gasteiger partial charge in [-0.25, -0.2) is 0 Å². The van der Waals surface area contributed by atoms with Crippen molar-refractivity contribution in [2.45, 2.75) is 45.6 Å². The maximum Gasteiger partial charge on any atom is 0.238 e. The van der Waals surface area contributed by atoms with Crippen LogP contribution in [0, 0.1) is 11.8 Å². The molecule has 3 nitrogen and oxygen atoms in total. The van der Waals surface area contributed by atoms with Gasteiger partial charge < -0.3 is 10.6 Å². The first kappa shape index (κ1) is 16.3. The molecule has 1 amide bonds. The molecule has 0 aromatic heterocycles. The predicted molar refractivity (Wildman–Crippen MR) is 88.7 cm³/mol. The zero-order valence-corrected chi connectivity index (χ0v) is 13.6. The lowest BCUT2D eigenvalue weighted by atomic mass is 9.78. The van der Waals surface area contributed by atoms with Crippen molar-refractivity contribution in [3.8, 4) is 0 Å². The smallest absolute Gasteiger partial charge is 0.238 e. The highest BCUT2D eigenvalue weighted by molar-refractivity contribution is 6.30. The van der Waals surface area contributed by atoms with Crippen molar-refractivity contribution in [3.05, 3.63) is 29.3 Å². The number of amides is 1. The number of nitrogens with one attached hydrogen (secondary N) is 2. The summed E-state index contributed by atoms with van der Waals surface area (Å²) in [6.45, 7) is 4.91. The van der Waals surface area contributed by atoms with Gasteiger partial charge in [-0.1, -0.05) is 44.4 Å². The van der Waals surface area contributed by atoms with E-state index in [4.69, 9.17) is 11.6 Å². The van der Waals surface area contributed by atoms with Gasteiger partial charge in [-0.05, 0) is 42.9 Å². The van der Waals surface area contributed by atoms with Gasteiger partial charge in [0.1, 0.15) is 0 Å². The molecule has 0 bridgehead atoms. The van der Waals surface area contributed by atoms with Gasteiger partial charge in [-0.15, -0.1) is 0 Å². The summed E-state index contributed by atoms with van der Waals surface area (Å²) >= 11 is 5.91. The summed E-state index contributed by atoms with van der Waals surface area (Å²) in [5, 5.41) is 6.96. The third kappa shape index (κ3) is 5.01. The summed E-state index contributed by atoms with van der Waals surface area (Å²) in [5.41, 5.74) is 0.748. The quantitative estimate of drug-likeness (QED) is 0.860. The van der Waals surface area contributed by atoms with E-state index in [-0.39, 0.29) is 5.91 Å². The molecule has 0 aliphatic heterocycles. The standard InChI is InChI=1S/C17H25ClN2O/c1-12(2)15-8-3-4-9-16(15)19-11-17(21)20-14-7-5-6-13(18)10-14/h5-7,10,12,15-16,19H,3-4,8-9,11H2,1-2H3,(H,20,21). The fraction of sp³-hybridized carbons (Fsp3) is 0.588. The Balaban J connectivity index is 1.82. The Bertz CT molecular complexity index is 476. The highest BCUT2D eigenvalue weighted by Gasteiger charge is 2.27. The van der Waals surface area contributed by atoms with E-state index in [1.165, 1.54) is 25.7 Å². The Hall–Kier alpha value is -1.06. The minimum absolute atomic E-state index is 0.00894. The van der Waals surface area contributed by atoms with Crippen LogP contribution in [0.2, 0.25) is 5.02 Å². The summed E-state index contributed by atoms with van der Waals surface area (Å²) < 4.78 is 0. The highest BCUT2D eigenvalue weighted by atomic mass is 35.5. The molecule has 0 heterocycles. The summed E-state index contributed by atoms with van der Waals surface area (Å²) in [6.07, 6.45) is 5.02. The normalized spacial score (nSPS) is 22.3. The van der Waals surface area contributed by atoms with E-state index in [0.29, 0.717) is 29.4 Å². The Morgan fingerprint density at radius 1 is 1.33 bits per heavy atom. The third-order valence-electron chi connectivity index (χ3n) is 4.31.